The Bertz CT molecular complexity index is 704. The number of rotatable bonds is 5. The van der Waals surface area contributed by atoms with Crippen LogP contribution in [0.5, 0.6) is 0 Å². The van der Waals surface area contributed by atoms with Crippen molar-refractivity contribution in [1.29, 1.82) is 0 Å². The number of carbonyl (C=O) groups excluding carboxylic acids is 2. The van der Waals surface area contributed by atoms with Crippen molar-refractivity contribution in [1.82, 2.24) is 20.1 Å². The molecule has 1 fully saturated rings. The summed E-state index contributed by atoms with van der Waals surface area (Å²) in [6.45, 7) is 0.998. The van der Waals surface area contributed by atoms with Gasteiger partial charge in [0.2, 0.25) is 11.8 Å². The predicted octanol–water partition coefficient (Wildman–Crippen LogP) is 1.24. The van der Waals surface area contributed by atoms with Crippen molar-refractivity contribution < 1.29 is 9.59 Å². The van der Waals surface area contributed by atoms with E-state index in [-0.39, 0.29) is 18.2 Å². The Labute approximate surface area is 138 Å². The van der Waals surface area contributed by atoms with Crippen molar-refractivity contribution in [2.45, 2.75) is 25.4 Å². The molecule has 0 bridgehead atoms. The van der Waals surface area contributed by atoms with E-state index in [1.165, 1.54) is 6.33 Å². The van der Waals surface area contributed by atoms with Crippen LogP contribution < -0.4 is 10.2 Å². The first-order chi connectivity index (χ1) is 11.1. The van der Waals surface area contributed by atoms with Crippen LogP contribution in [-0.2, 0) is 16.1 Å². The molecule has 0 spiro atoms. The van der Waals surface area contributed by atoms with E-state index in [0.29, 0.717) is 24.5 Å². The highest BCUT2D eigenvalue weighted by Gasteiger charge is 2.33. The lowest BCUT2D eigenvalue weighted by molar-refractivity contribution is -0.126. The van der Waals surface area contributed by atoms with Gasteiger partial charge in [0.05, 0.1) is 6.54 Å². The summed E-state index contributed by atoms with van der Waals surface area (Å²) in [5, 5.41) is 7.29. The highest BCUT2D eigenvalue weighted by Crippen LogP contribution is 2.24. The molecule has 0 saturated carbocycles. The number of amides is 2. The molecule has 1 aromatic heterocycles. The average molecular weight is 334 g/mol. The minimum Gasteiger partial charge on any atom is -0.344 e. The molecule has 2 heterocycles. The van der Waals surface area contributed by atoms with Gasteiger partial charge in [-0.3, -0.25) is 14.3 Å². The fraction of sp³-hybridized carbons (Fsp3) is 0.333. The van der Waals surface area contributed by atoms with Gasteiger partial charge in [-0.05, 0) is 24.6 Å². The summed E-state index contributed by atoms with van der Waals surface area (Å²) in [7, 11) is 0. The fourth-order valence-corrected chi connectivity index (χ4v) is 2.73. The summed E-state index contributed by atoms with van der Waals surface area (Å²) in [5.74, 6) is -0.284. The Balaban J connectivity index is 1.55. The number of carbonyl (C=O) groups is 2. The van der Waals surface area contributed by atoms with Crippen molar-refractivity contribution >= 4 is 29.1 Å². The third-order valence-electron chi connectivity index (χ3n) is 3.70. The zero-order chi connectivity index (χ0) is 16.2. The summed E-state index contributed by atoms with van der Waals surface area (Å²) in [6.07, 6.45) is 3.81. The molecular formula is C15H16ClN5O2. The standard InChI is InChI=1S/C15H16ClN5O2/c16-11-2-1-3-12(8-11)21-7-4-13(15(21)23)19-14(22)5-6-20-10-17-9-18-20/h1-3,8-10,13H,4-7H2,(H,19,22). The molecule has 1 N–H and O–H groups in total. The SMILES string of the molecule is O=C(CCn1cncn1)NC1CCN(c2cccc(Cl)c2)C1=O. The lowest BCUT2D eigenvalue weighted by Crippen LogP contribution is -2.41. The molecule has 0 radical (unpaired) electrons. The van der Waals surface area contributed by atoms with E-state index in [9.17, 15) is 9.59 Å². The van der Waals surface area contributed by atoms with Crippen molar-refractivity contribution in [3.63, 3.8) is 0 Å². The molecule has 1 saturated heterocycles. The first-order valence-corrected chi connectivity index (χ1v) is 7.70. The van der Waals surface area contributed by atoms with Crippen LogP contribution in [0.2, 0.25) is 5.02 Å². The molecule has 2 aromatic rings. The van der Waals surface area contributed by atoms with E-state index >= 15 is 0 Å². The number of nitrogens with zero attached hydrogens (tertiary/aromatic N) is 4. The third kappa shape index (κ3) is 3.68. The van der Waals surface area contributed by atoms with E-state index in [1.54, 1.807) is 34.1 Å². The minimum absolute atomic E-state index is 0.110. The second-order valence-electron chi connectivity index (χ2n) is 5.29. The van der Waals surface area contributed by atoms with E-state index in [2.05, 4.69) is 15.4 Å². The van der Waals surface area contributed by atoms with Crippen LogP contribution in [0.4, 0.5) is 5.69 Å². The maximum Gasteiger partial charge on any atom is 0.249 e. The number of aryl methyl sites for hydroxylation is 1. The summed E-state index contributed by atoms with van der Waals surface area (Å²) < 4.78 is 1.58. The van der Waals surface area contributed by atoms with Crippen molar-refractivity contribution in [3.05, 3.63) is 41.9 Å². The summed E-state index contributed by atoms with van der Waals surface area (Å²) in [5.41, 5.74) is 0.752. The Kier molecular flexibility index (Phi) is 4.57. The number of halogens is 1. The van der Waals surface area contributed by atoms with Crippen LogP contribution in [0.15, 0.2) is 36.9 Å². The van der Waals surface area contributed by atoms with E-state index in [0.717, 1.165) is 5.69 Å². The van der Waals surface area contributed by atoms with Crippen molar-refractivity contribution in [3.8, 4) is 0 Å². The lowest BCUT2D eigenvalue weighted by Gasteiger charge is -2.17. The van der Waals surface area contributed by atoms with E-state index < -0.39 is 6.04 Å². The van der Waals surface area contributed by atoms with Crippen LogP contribution in [0.25, 0.3) is 0 Å². The average Bonchev–Trinajstić information content (AvgIpc) is 3.16. The quantitative estimate of drug-likeness (QED) is 0.892. The molecule has 1 aliphatic rings. The largest absolute Gasteiger partial charge is 0.344 e. The monoisotopic (exact) mass is 333 g/mol. The van der Waals surface area contributed by atoms with Gasteiger partial charge in [0.15, 0.2) is 0 Å². The Morgan fingerprint density at radius 3 is 3.04 bits per heavy atom. The number of aromatic nitrogens is 3. The summed E-state index contributed by atoms with van der Waals surface area (Å²) >= 11 is 5.96. The van der Waals surface area contributed by atoms with Gasteiger partial charge in [-0.2, -0.15) is 5.10 Å². The van der Waals surface area contributed by atoms with Gasteiger partial charge in [-0.1, -0.05) is 17.7 Å². The van der Waals surface area contributed by atoms with Gasteiger partial charge >= 0.3 is 0 Å². The van der Waals surface area contributed by atoms with Gasteiger partial charge in [-0.15, -0.1) is 0 Å². The second kappa shape index (κ2) is 6.78. The number of anilines is 1. The fourth-order valence-electron chi connectivity index (χ4n) is 2.55. The Hall–Kier alpha value is -2.41. The Morgan fingerprint density at radius 1 is 1.43 bits per heavy atom. The molecule has 23 heavy (non-hydrogen) atoms. The van der Waals surface area contributed by atoms with Crippen LogP contribution in [0, 0.1) is 0 Å². The molecule has 1 aliphatic heterocycles. The van der Waals surface area contributed by atoms with Gasteiger partial charge in [0.1, 0.15) is 18.7 Å². The smallest absolute Gasteiger partial charge is 0.249 e. The molecule has 1 aromatic carbocycles. The van der Waals surface area contributed by atoms with Gasteiger partial charge in [0, 0.05) is 23.7 Å². The molecule has 8 heteroatoms. The maximum atomic E-state index is 12.4. The normalized spacial score (nSPS) is 17.5. The number of nitrogens with one attached hydrogen (secondary N) is 1. The molecule has 0 aliphatic carbocycles. The predicted molar refractivity (Wildman–Crippen MR) is 85.0 cm³/mol. The van der Waals surface area contributed by atoms with Crippen molar-refractivity contribution in [2.24, 2.45) is 0 Å². The molecule has 3 rings (SSSR count). The second-order valence-corrected chi connectivity index (χ2v) is 5.72. The summed E-state index contributed by atoms with van der Waals surface area (Å²) in [4.78, 5) is 29.9. The van der Waals surface area contributed by atoms with Gasteiger partial charge in [-0.25, -0.2) is 4.98 Å². The van der Waals surface area contributed by atoms with Crippen LogP contribution in [-0.4, -0.2) is 39.2 Å². The number of hydrogen-bond acceptors (Lipinski definition) is 4. The molecule has 120 valence electrons. The van der Waals surface area contributed by atoms with Crippen molar-refractivity contribution in [2.75, 3.05) is 11.4 Å². The van der Waals surface area contributed by atoms with Gasteiger partial charge < -0.3 is 10.2 Å². The molecule has 1 atom stereocenters. The third-order valence-corrected chi connectivity index (χ3v) is 3.93. The van der Waals surface area contributed by atoms with Gasteiger partial charge in [0.25, 0.3) is 0 Å². The number of hydrogen-bond donors (Lipinski definition) is 1. The summed E-state index contributed by atoms with van der Waals surface area (Å²) in [6, 6.07) is 6.65. The zero-order valence-corrected chi connectivity index (χ0v) is 13.1. The highest BCUT2D eigenvalue weighted by molar-refractivity contribution is 6.31. The zero-order valence-electron chi connectivity index (χ0n) is 12.4. The minimum atomic E-state index is -0.489. The van der Waals surface area contributed by atoms with E-state index in [4.69, 9.17) is 11.6 Å². The molecule has 2 amide bonds. The molecule has 7 nitrogen and oxygen atoms in total. The molecular weight excluding hydrogens is 318 g/mol. The first kappa shape index (κ1) is 15.5. The van der Waals surface area contributed by atoms with Crippen LogP contribution >= 0.6 is 11.6 Å². The lowest BCUT2D eigenvalue weighted by atomic mass is 10.2. The topological polar surface area (TPSA) is 80.1 Å². The Morgan fingerprint density at radius 2 is 2.30 bits per heavy atom. The van der Waals surface area contributed by atoms with Crippen LogP contribution in [0.3, 0.4) is 0 Å². The molecule has 1 unspecified atom stereocenters. The highest BCUT2D eigenvalue weighted by atomic mass is 35.5. The van der Waals surface area contributed by atoms with E-state index in [1.807, 2.05) is 6.07 Å². The maximum absolute atomic E-state index is 12.4. The number of benzene rings is 1. The first-order valence-electron chi connectivity index (χ1n) is 7.32. The van der Waals surface area contributed by atoms with Crippen LogP contribution in [0.1, 0.15) is 12.8 Å².